The van der Waals surface area contributed by atoms with Gasteiger partial charge in [0.05, 0.1) is 0 Å². The van der Waals surface area contributed by atoms with Gasteiger partial charge in [0.1, 0.15) is 10.7 Å². The van der Waals surface area contributed by atoms with Gasteiger partial charge in [-0.3, -0.25) is 0 Å². The monoisotopic (exact) mass is 316 g/mol. The van der Waals surface area contributed by atoms with E-state index < -0.39 is 20.7 Å². The third kappa shape index (κ3) is 4.70. The Morgan fingerprint density at radius 2 is 2.06 bits per heavy atom. The summed E-state index contributed by atoms with van der Waals surface area (Å²) in [4.78, 5) is -0.437. The number of nitrogens with one attached hydrogen (secondary N) is 2. The summed E-state index contributed by atoms with van der Waals surface area (Å²) in [5, 5.41) is 3.04. The maximum atomic E-state index is 13.4. The molecule has 0 fully saturated rings. The lowest BCUT2D eigenvalue weighted by molar-refractivity contribution is 0.540. The van der Waals surface area contributed by atoms with Crippen LogP contribution >= 0.6 is 24.0 Å². The minimum atomic E-state index is -3.87. The van der Waals surface area contributed by atoms with E-state index in [0.29, 0.717) is 0 Å². The van der Waals surface area contributed by atoms with Crippen LogP contribution in [0.15, 0.2) is 23.1 Å². The lowest BCUT2D eigenvalue weighted by atomic mass is 10.3. The van der Waals surface area contributed by atoms with Crippen molar-refractivity contribution in [3.05, 3.63) is 29.0 Å². The number of benzene rings is 1. The highest BCUT2D eigenvalue weighted by molar-refractivity contribution is 7.89. The Kier molecular flexibility index (Phi) is 7.09. The Labute approximate surface area is 117 Å². The van der Waals surface area contributed by atoms with E-state index in [1.807, 2.05) is 0 Å². The minimum Gasteiger partial charge on any atom is -0.316 e. The summed E-state index contributed by atoms with van der Waals surface area (Å²) in [7, 11) is -2.16. The first-order valence-electron chi connectivity index (χ1n) is 4.99. The van der Waals surface area contributed by atoms with Gasteiger partial charge in [0.25, 0.3) is 0 Å². The number of rotatable bonds is 5. The largest absolute Gasteiger partial charge is 0.316 e. The first-order chi connectivity index (χ1) is 7.86. The molecule has 4 nitrogen and oxygen atoms in total. The van der Waals surface area contributed by atoms with Crippen LogP contribution in [0.25, 0.3) is 0 Å². The fourth-order valence-corrected chi connectivity index (χ4v) is 2.57. The van der Waals surface area contributed by atoms with E-state index in [0.717, 1.165) is 12.1 Å². The molecule has 0 saturated carbocycles. The Hall–Kier alpha value is -0.400. The zero-order chi connectivity index (χ0) is 13.1. The van der Waals surface area contributed by atoms with Crippen molar-refractivity contribution in [2.45, 2.75) is 17.9 Å². The molecule has 0 aliphatic rings. The second kappa shape index (κ2) is 7.25. The zero-order valence-corrected chi connectivity index (χ0v) is 12.3. The van der Waals surface area contributed by atoms with E-state index in [2.05, 4.69) is 10.0 Å². The van der Waals surface area contributed by atoms with Crippen LogP contribution in [0.2, 0.25) is 5.02 Å². The molecule has 0 bridgehead atoms. The fourth-order valence-electron chi connectivity index (χ4n) is 1.10. The van der Waals surface area contributed by atoms with Gasteiger partial charge in [0.15, 0.2) is 0 Å². The maximum Gasteiger partial charge on any atom is 0.243 e. The molecule has 0 radical (unpaired) electrons. The van der Waals surface area contributed by atoms with Crippen molar-refractivity contribution in [3.63, 3.8) is 0 Å². The first-order valence-corrected chi connectivity index (χ1v) is 6.85. The molecule has 0 spiro atoms. The SMILES string of the molecule is CNC(C)CNS(=O)(=O)c1cc(Cl)ccc1F.Cl. The molecule has 0 amide bonds. The van der Waals surface area contributed by atoms with E-state index in [1.165, 1.54) is 6.07 Å². The Morgan fingerprint density at radius 3 is 2.61 bits per heavy atom. The number of hydrogen-bond acceptors (Lipinski definition) is 3. The summed E-state index contributed by atoms with van der Waals surface area (Å²) in [5.41, 5.74) is 0. The number of hydrogen-bond donors (Lipinski definition) is 2. The highest BCUT2D eigenvalue weighted by Gasteiger charge is 2.19. The quantitative estimate of drug-likeness (QED) is 0.870. The third-order valence-electron chi connectivity index (χ3n) is 2.26. The van der Waals surface area contributed by atoms with Crippen LogP contribution < -0.4 is 10.0 Å². The fraction of sp³-hybridized carbons (Fsp3) is 0.400. The van der Waals surface area contributed by atoms with E-state index in [9.17, 15) is 12.8 Å². The van der Waals surface area contributed by atoms with Crippen LogP contribution in [0.4, 0.5) is 4.39 Å². The molecule has 1 atom stereocenters. The summed E-state index contributed by atoms with van der Waals surface area (Å²) < 4.78 is 39.3. The molecule has 18 heavy (non-hydrogen) atoms. The van der Waals surface area contributed by atoms with Gasteiger partial charge < -0.3 is 5.32 Å². The van der Waals surface area contributed by atoms with E-state index in [1.54, 1.807) is 14.0 Å². The van der Waals surface area contributed by atoms with Crippen LogP contribution in [0, 0.1) is 5.82 Å². The molecule has 0 aromatic heterocycles. The van der Waals surface area contributed by atoms with Crippen molar-refractivity contribution in [1.29, 1.82) is 0 Å². The highest BCUT2D eigenvalue weighted by atomic mass is 35.5. The Bertz CT molecular complexity index is 497. The maximum absolute atomic E-state index is 13.4. The van der Waals surface area contributed by atoms with E-state index in [4.69, 9.17) is 11.6 Å². The van der Waals surface area contributed by atoms with Gasteiger partial charge in [-0.1, -0.05) is 11.6 Å². The van der Waals surface area contributed by atoms with Crippen LogP contribution in [-0.2, 0) is 10.0 Å². The predicted octanol–water partition coefficient (Wildman–Crippen LogP) is 1.79. The average molecular weight is 317 g/mol. The van der Waals surface area contributed by atoms with Gasteiger partial charge in [0, 0.05) is 17.6 Å². The highest BCUT2D eigenvalue weighted by Crippen LogP contribution is 2.19. The van der Waals surface area contributed by atoms with E-state index in [-0.39, 0.29) is 30.0 Å². The molecule has 1 rings (SSSR count). The van der Waals surface area contributed by atoms with Gasteiger partial charge in [-0.15, -0.1) is 12.4 Å². The van der Waals surface area contributed by atoms with Gasteiger partial charge in [-0.25, -0.2) is 17.5 Å². The van der Waals surface area contributed by atoms with Gasteiger partial charge in [0.2, 0.25) is 10.0 Å². The molecule has 8 heteroatoms. The van der Waals surface area contributed by atoms with Gasteiger partial charge >= 0.3 is 0 Å². The number of sulfonamides is 1. The van der Waals surface area contributed by atoms with Crippen LogP contribution in [0.1, 0.15) is 6.92 Å². The van der Waals surface area contributed by atoms with Crippen molar-refractivity contribution in [2.24, 2.45) is 0 Å². The molecule has 0 saturated heterocycles. The topological polar surface area (TPSA) is 58.2 Å². The summed E-state index contributed by atoms with van der Waals surface area (Å²) in [5.74, 6) is -0.820. The number of likely N-dealkylation sites (N-methyl/N-ethyl adjacent to an activating group) is 1. The minimum absolute atomic E-state index is 0. The molecule has 104 valence electrons. The van der Waals surface area contributed by atoms with Crippen molar-refractivity contribution < 1.29 is 12.8 Å². The Balaban J connectivity index is 0.00000289. The molecule has 0 heterocycles. The molecule has 2 N–H and O–H groups in total. The van der Waals surface area contributed by atoms with Crippen molar-refractivity contribution >= 4 is 34.0 Å². The standard InChI is InChI=1S/C10H14ClFN2O2S.ClH/c1-7(13-2)6-14-17(15,16)10-5-8(11)3-4-9(10)12;/h3-5,7,13-14H,6H2,1-2H3;1H. The smallest absolute Gasteiger partial charge is 0.243 e. The van der Waals surface area contributed by atoms with Gasteiger partial charge in [-0.2, -0.15) is 0 Å². The van der Waals surface area contributed by atoms with E-state index >= 15 is 0 Å². The van der Waals surface area contributed by atoms with Crippen molar-refractivity contribution in [1.82, 2.24) is 10.0 Å². The van der Waals surface area contributed by atoms with Crippen LogP contribution in [0.3, 0.4) is 0 Å². The molecular formula is C10H15Cl2FN2O2S. The lowest BCUT2D eigenvalue weighted by Crippen LogP contribution is -2.37. The van der Waals surface area contributed by atoms with Crippen molar-refractivity contribution in [2.75, 3.05) is 13.6 Å². The predicted molar refractivity (Wildman–Crippen MR) is 72.4 cm³/mol. The molecular weight excluding hydrogens is 302 g/mol. The van der Waals surface area contributed by atoms with Crippen molar-refractivity contribution in [3.8, 4) is 0 Å². The molecule has 0 aliphatic carbocycles. The third-order valence-corrected chi connectivity index (χ3v) is 3.93. The Morgan fingerprint density at radius 1 is 1.44 bits per heavy atom. The second-order valence-electron chi connectivity index (χ2n) is 3.62. The summed E-state index contributed by atoms with van der Waals surface area (Å²) in [6.45, 7) is 1.97. The second-order valence-corrected chi connectivity index (χ2v) is 5.79. The zero-order valence-electron chi connectivity index (χ0n) is 9.91. The first kappa shape index (κ1) is 17.6. The summed E-state index contributed by atoms with van der Waals surface area (Å²) in [6, 6.07) is 3.36. The summed E-state index contributed by atoms with van der Waals surface area (Å²) >= 11 is 5.64. The van der Waals surface area contributed by atoms with Crippen LogP contribution in [-0.4, -0.2) is 28.1 Å². The lowest BCUT2D eigenvalue weighted by Gasteiger charge is -2.12. The summed E-state index contributed by atoms with van der Waals surface area (Å²) in [6.07, 6.45) is 0. The van der Waals surface area contributed by atoms with Crippen LogP contribution in [0.5, 0.6) is 0 Å². The average Bonchev–Trinajstić information content (AvgIpc) is 2.29. The number of halogens is 3. The normalized spacial score (nSPS) is 12.9. The molecule has 1 aromatic rings. The molecule has 1 aromatic carbocycles. The molecule has 0 aliphatic heterocycles. The van der Waals surface area contributed by atoms with Gasteiger partial charge in [-0.05, 0) is 32.2 Å². The molecule has 1 unspecified atom stereocenters.